The molecule has 28 heavy (non-hydrogen) atoms. The number of aliphatic hydroxyl groups is 1. The fraction of sp³-hybridized carbons (Fsp3) is 0.435. The minimum absolute atomic E-state index is 0.473. The summed E-state index contributed by atoms with van der Waals surface area (Å²) in [7, 11) is 2.18. The van der Waals surface area contributed by atoms with Crippen molar-refractivity contribution in [1.29, 1.82) is 0 Å². The maximum atomic E-state index is 11.6. The van der Waals surface area contributed by atoms with Crippen molar-refractivity contribution >= 4 is 22.5 Å². The average molecular weight is 396 g/mol. The molecule has 4 nitrogen and oxygen atoms in total. The molecule has 0 saturated carbocycles. The number of aromatic nitrogens is 2. The first-order valence-corrected chi connectivity index (χ1v) is 10.4. The van der Waals surface area contributed by atoms with Crippen LogP contribution in [0.2, 0.25) is 5.02 Å². The summed E-state index contributed by atoms with van der Waals surface area (Å²) < 4.78 is 2.35. The van der Waals surface area contributed by atoms with Crippen LogP contribution in [0.1, 0.15) is 41.6 Å². The second-order valence-electron chi connectivity index (χ2n) is 8.62. The summed E-state index contributed by atoms with van der Waals surface area (Å²) in [5.41, 5.74) is 6.03. The monoisotopic (exact) mass is 395 g/mol. The Morgan fingerprint density at radius 1 is 1.29 bits per heavy atom. The van der Waals surface area contributed by atoms with E-state index in [2.05, 4.69) is 46.6 Å². The standard InChI is InChI=1S/C23H26ClN3O/c1-14-4-6-19-20(25-14)8-9-23(19,28)13-27-21-7-5-16(24)11-17(21)18-12-26(3)15(2)10-22(18)27/h4-7,11,15,28H,8-10,12-13H2,1-3H3. The fourth-order valence-electron chi connectivity index (χ4n) is 4.99. The molecule has 2 aromatic heterocycles. The lowest BCUT2D eigenvalue weighted by Gasteiger charge is -2.32. The molecule has 3 heterocycles. The molecular formula is C23H26ClN3O. The van der Waals surface area contributed by atoms with Crippen molar-refractivity contribution < 1.29 is 5.11 Å². The molecule has 2 atom stereocenters. The van der Waals surface area contributed by atoms with Crippen molar-refractivity contribution in [3.8, 4) is 0 Å². The maximum Gasteiger partial charge on any atom is 0.110 e. The van der Waals surface area contributed by atoms with E-state index in [0.717, 1.165) is 47.8 Å². The highest BCUT2D eigenvalue weighted by atomic mass is 35.5. The van der Waals surface area contributed by atoms with Crippen molar-refractivity contribution in [2.75, 3.05) is 7.05 Å². The number of pyridine rings is 1. The molecule has 1 N–H and O–H groups in total. The number of hydrogen-bond acceptors (Lipinski definition) is 3. The van der Waals surface area contributed by atoms with Gasteiger partial charge in [0.1, 0.15) is 5.60 Å². The van der Waals surface area contributed by atoms with E-state index in [-0.39, 0.29) is 0 Å². The fourth-order valence-corrected chi connectivity index (χ4v) is 5.16. The van der Waals surface area contributed by atoms with Gasteiger partial charge in [-0.2, -0.15) is 0 Å². The van der Waals surface area contributed by atoms with Gasteiger partial charge in [-0.05, 0) is 63.6 Å². The lowest BCUT2D eigenvalue weighted by molar-refractivity contribution is 0.0203. The van der Waals surface area contributed by atoms with E-state index in [9.17, 15) is 5.11 Å². The summed E-state index contributed by atoms with van der Waals surface area (Å²) in [4.78, 5) is 7.06. The second kappa shape index (κ2) is 6.31. The van der Waals surface area contributed by atoms with Crippen LogP contribution in [0.3, 0.4) is 0 Å². The van der Waals surface area contributed by atoms with Crippen LogP contribution in [-0.4, -0.2) is 32.6 Å². The number of benzene rings is 1. The van der Waals surface area contributed by atoms with Crippen molar-refractivity contribution in [1.82, 2.24) is 14.5 Å². The predicted octanol–water partition coefficient (Wildman–Crippen LogP) is 4.21. The molecule has 146 valence electrons. The second-order valence-corrected chi connectivity index (χ2v) is 9.06. The summed E-state index contributed by atoms with van der Waals surface area (Å²) in [6.07, 6.45) is 2.53. The molecule has 2 aliphatic rings. The van der Waals surface area contributed by atoms with Crippen LogP contribution in [0.5, 0.6) is 0 Å². The number of nitrogens with zero attached hydrogens (tertiary/aromatic N) is 3. The first-order chi connectivity index (χ1) is 13.4. The summed E-state index contributed by atoms with van der Waals surface area (Å²) in [6.45, 7) is 5.75. The van der Waals surface area contributed by atoms with Gasteiger partial charge >= 0.3 is 0 Å². The zero-order chi connectivity index (χ0) is 19.6. The normalized spacial score (nSPS) is 24.5. The van der Waals surface area contributed by atoms with Gasteiger partial charge in [-0.25, -0.2) is 0 Å². The van der Waals surface area contributed by atoms with Crippen LogP contribution in [0.15, 0.2) is 30.3 Å². The number of likely N-dealkylation sites (N-methyl/N-ethyl adjacent to an activating group) is 1. The lowest BCUT2D eigenvalue weighted by atomic mass is 9.96. The molecular weight excluding hydrogens is 370 g/mol. The summed E-state index contributed by atoms with van der Waals surface area (Å²) in [5.74, 6) is 0. The minimum Gasteiger partial charge on any atom is -0.383 e. The largest absolute Gasteiger partial charge is 0.383 e. The first-order valence-electron chi connectivity index (χ1n) is 10.0. The van der Waals surface area contributed by atoms with Gasteiger partial charge in [0.25, 0.3) is 0 Å². The van der Waals surface area contributed by atoms with Gasteiger partial charge < -0.3 is 9.67 Å². The van der Waals surface area contributed by atoms with E-state index in [4.69, 9.17) is 11.6 Å². The quantitative estimate of drug-likeness (QED) is 0.706. The molecule has 0 bridgehead atoms. The van der Waals surface area contributed by atoms with Crippen LogP contribution >= 0.6 is 11.6 Å². The molecule has 2 unspecified atom stereocenters. The predicted molar refractivity (Wildman–Crippen MR) is 113 cm³/mol. The van der Waals surface area contributed by atoms with Crippen LogP contribution in [0.4, 0.5) is 0 Å². The summed E-state index contributed by atoms with van der Waals surface area (Å²) in [5, 5.41) is 13.6. The van der Waals surface area contributed by atoms with Crippen LogP contribution in [0.25, 0.3) is 10.9 Å². The lowest BCUT2D eigenvalue weighted by Crippen LogP contribution is -2.37. The topological polar surface area (TPSA) is 41.3 Å². The average Bonchev–Trinajstić information content (AvgIpc) is 3.11. The van der Waals surface area contributed by atoms with E-state index >= 15 is 0 Å². The molecule has 1 aliphatic heterocycles. The van der Waals surface area contributed by atoms with Gasteiger partial charge in [-0.15, -0.1) is 0 Å². The molecule has 0 spiro atoms. The Balaban J connectivity index is 1.66. The van der Waals surface area contributed by atoms with E-state index in [1.54, 1.807) is 0 Å². The molecule has 5 heteroatoms. The third-order valence-electron chi connectivity index (χ3n) is 6.71. The summed E-state index contributed by atoms with van der Waals surface area (Å²) >= 11 is 6.33. The van der Waals surface area contributed by atoms with E-state index in [0.29, 0.717) is 12.6 Å². The SMILES string of the molecule is Cc1ccc2c(n1)CCC2(O)Cn1c2c(c3cc(Cl)ccc31)CN(C)C(C)C2. The number of aryl methyl sites for hydroxylation is 2. The van der Waals surface area contributed by atoms with Crippen molar-refractivity contribution in [3.05, 3.63) is 63.6 Å². The van der Waals surface area contributed by atoms with Crippen molar-refractivity contribution in [2.24, 2.45) is 0 Å². The molecule has 1 aromatic carbocycles. The third kappa shape index (κ3) is 2.70. The Morgan fingerprint density at radius 2 is 2.11 bits per heavy atom. The molecule has 0 saturated heterocycles. The number of fused-ring (bicyclic) bond motifs is 4. The highest BCUT2D eigenvalue weighted by Crippen LogP contribution is 2.41. The summed E-state index contributed by atoms with van der Waals surface area (Å²) in [6, 6.07) is 10.7. The number of hydrogen-bond donors (Lipinski definition) is 1. The molecule has 0 amide bonds. The van der Waals surface area contributed by atoms with E-state index < -0.39 is 5.60 Å². The van der Waals surface area contributed by atoms with Gasteiger partial charge in [0.05, 0.1) is 6.54 Å². The molecule has 0 fully saturated rings. The number of halogens is 1. The van der Waals surface area contributed by atoms with Crippen LogP contribution in [0, 0.1) is 6.92 Å². The highest BCUT2D eigenvalue weighted by Gasteiger charge is 2.39. The van der Waals surface area contributed by atoms with Gasteiger partial charge in [-0.1, -0.05) is 17.7 Å². The van der Waals surface area contributed by atoms with E-state index in [1.165, 1.54) is 22.2 Å². The zero-order valence-electron chi connectivity index (χ0n) is 16.7. The molecule has 1 aliphatic carbocycles. The van der Waals surface area contributed by atoms with Gasteiger partial charge in [0.2, 0.25) is 0 Å². The van der Waals surface area contributed by atoms with Gasteiger partial charge in [-0.3, -0.25) is 9.88 Å². The van der Waals surface area contributed by atoms with Crippen LogP contribution in [-0.2, 0) is 31.5 Å². The van der Waals surface area contributed by atoms with Crippen LogP contribution < -0.4 is 0 Å². The minimum atomic E-state index is -0.873. The molecule has 3 aromatic rings. The smallest absolute Gasteiger partial charge is 0.110 e. The Kier molecular flexibility index (Phi) is 4.10. The Labute approximate surface area is 170 Å². The first kappa shape index (κ1) is 18.2. The zero-order valence-corrected chi connectivity index (χ0v) is 17.4. The Morgan fingerprint density at radius 3 is 2.93 bits per heavy atom. The Bertz CT molecular complexity index is 1090. The van der Waals surface area contributed by atoms with E-state index in [1.807, 2.05) is 19.1 Å². The highest BCUT2D eigenvalue weighted by molar-refractivity contribution is 6.31. The third-order valence-corrected chi connectivity index (χ3v) is 6.94. The van der Waals surface area contributed by atoms with Gasteiger partial charge in [0.15, 0.2) is 0 Å². The van der Waals surface area contributed by atoms with Gasteiger partial charge in [0, 0.05) is 57.6 Å². The maximum absolute atomic E-state index is 11.6. The number of rotatable bonds is 2. The van der Waals surface area contributed by atoms with Crippen molar-refractivity contribution in [3.63, 3.8) is 0 Å². The molecule has 0 radical (unpaired) electrons. The van der Waals surface area contributed by atoms with Crippen molar-refractivity contribution in [2.45, 2.75) is 57.8 Å². The molecule has 5 rings (SSSR count). The Hall–Kier alpha value is -1.88.